The Labute approximate surface area is 145 Å². The predicted molar refractivity (Wildman–Crippen MR) is 96.9 cm³/mol. The van der Waals surface area contributed by atoms with Gasteiger partial charge in [0.2, 0.25) is 15.9 Å². The number of sulfonamides is 1. The third-order valence-electron chi connectivity index (χ3n) is 3.65. The predicted octanol–water partition coefficient (Wildman–Crippen LogP) is 2.55. The first-order valence-electron chi connectivity index (χ1n) is 8.19. The maximum absolute atomic E-state index is 12.0. The Kier molecular flexibility index (Phi) is 8.04. The molecule has 1 amide bonds. The third kappa shape index (κ3) is 6.78. The van der Waals surface area contributed by atoms with Crippen LogP contribution in [0, 0.1) is 0 Å². The summed E-state index contributed by atoms with van der Waals surface area (Å²) in [5, 5.41) is 2.92. The topological polar surface area (TPSA) is 75.7 Å². The Balaban J connectivity index is 2.63. The van der Waals surface area contributed by atoms with E-state index in [4.69, 9.17) is 4.74 Å². The maximum Gasteiger partial charge on any atom is 0.232 e. The molecule has 7 heteroatoms. The fraction of sp³-hybridized carbons (Fsp3) is 0.588. The SMILES string of the molecule is CCCC(C)NC(=O)CCCN(c1ccc(OC)cc1)S(C)(=O)=O. The number of nitrogens with one attached hydrogen (secondary N) is 1. The Morgan fingerprint density at radius 3 is 2.42 bits per heavy atom. The number of nitrogens with zero attached hydrogens (tertiary/aromatic N) is 1. The van der Waals surface area contributed by atoms with E-state index in [0.717, 1.165) is 12.8 Å². The lowest BCUT2D eigenvalue weighted by Crippen LogP contribution is -2.34. The summed E-state index contributed by atoms with van der Waals surface area (Å²) in [4.78, 5) is 11.9. The summed E-state index contributed by atoms with van der Waals surface area (Å²) in [7, 11) is -1.85. The molecule has 6 nitrogen and oxygen atoms in total. The largest absolute Gasteiger partial charge is 0.497 e. The molecule has 0 spiro atoms. The van der Waals surface area contributed by atoms with E-state index in [1.165, 1.54) is 10.6 Å². The Morgan fingerprint density at radius 2 is 1.92 bits per heavy atom. The number of carbonyl (C=O) groups is 1. The standard InChI is InChI=1S/C17H28N2O4S/c1-5-7-14(2)18-17(20)8-6-13-19(24(4,21)22)15-9-11-16(23-3)12-10-15/h9-12,14H,5-8,13H2,1-4H3,(H,18,20). The van der Waals surface area contributed by atoms with E-state index in [2.05, 4.69) is 12.2 Å². The van der Waals surface area contributed by atoms with Crippen LogP contribution in [0.4, 0.5) is 5.69 Å². The van der Waals surface area contributed by atoms with Crippen LogP contribution >= 0.6 is 0 Å². The lowest BCUT2D eigenvalue weighted by Gasteiger charge is -2.22. The molecule has 0 aliphatic carbocycles. The molecule has 0 saturated carbocycles. The molecule has 1 aromatic rings. The molecule has 136 valence electrons. The van der Waals surface area contributed by atoms with Crippen molar-refractivity contribution in [1.29, 1.82) is 0 Å². The van der Waals surface area contributed by atoms with Crippen molar-refractivity contribution in [1.82, 2.24) is 5.32 Å². The molecule has 1 rings (SSSR count). The Morgan fingerprint density at radius 1 is 1.29 bits per heavy atom. The third-order valence-corrected chi connectivity index (χ3v) is 4.85. The van der Waals surface area contributed by atoms with Crippen molar-refractivity contribution in [2.24, 2.45) is 0 Å². The van der Waals surface area contributed by atoms with Crippen molar-refractivity contribution in [2.75, 3.05) is 24.2 Å². The van der Waals surface area contributed by atoms with E-state index in [0.29, 0.717) is 24.3 Å². The number of amides is 1. The van der Waals surface area contributed by atoms with Gasteiger partial charge in [0.1, 0.15) is 5.75 Å². The van der Waals surface area contributed by atoms with Crippen LogP contribution in [-0.4, -0.2) is 40.3 Å². The minimum absolute atomic E-state index is 0.0425. The quantitative estimate of drug-likeness (QED) is 0.699. The summed E-state index contributed by atoms with van der Waals surface area (Å²) in [6, 6.07) is 6.97. The van der Waals surface area contributed by atoms with E-state index < -0.39 is 10.0 Å². The van der Waals surface area contributed by atoms with Gasteiger partial charge in [-0.2, -0.15) is 0 Å². The van der Waals surface area contributed by atoms with Gasteiger partial charge in [0.25, 0.3) is 0 Å². The number of hydrogen-bond donors (Lipinski definition) is 1. The average Bonchev–Trinajstić information content (AvgIpc) is 2.50. The molecule has 0 aliphatic heterocycles. The van der Waals surface area contributed by atoms with Gasteiger partial charge in [-0.05, 0) is 44.0 Å². The van der Waals surface area contributed by atoms with Gasteiger partial charge in [0, 0.05) is 19.0 Å². The molecule has 0 radical (unpaired) electrons. The summed E-state index contributed by atoms with van der Waals surface area (Å²) in [5.74, 6) is 0.621. The lowest BCUT2D eigenvalue weighted by molar-refractivity contribution is -0.121. The van der Waals surface area contributed by atoms with Crippen LogP contribution in [0.2, 0.25) is 0 Å². The first-order valence-corrected chi connectivity index (χ1v) is 10.0. The van der Waals surface area contributed by atoms with Crippen LogP contribution in [0.3, 0.4) is 0 Å². The number of hydrogen-bond acceptors (Lipinski definition) is 4. The summed E-state index contributed by atoms with van der Waals surface area (Å²) in [5.41, 5.74) is 0.568. The average molecular weight is 356 g/mol. The van der Waals surface area contributed by atoms with Gasteiger partial charge >= 0.3 is 0 Å². The summed E-state index contributed by atoms with van der Waals surface area (Å²) in [6.45, 7) is 4.31. The molecule has 1 N–H and O–H groups in total. The highest BCUT2D eigenvalue weighted by Gasteiger charge is 2.18. The number of rotatable bonds is 10. The van der Waals surface area contributed by atoms with Crippen molar-refractivity contribution >= 4 is 21.6 Å². The minimum Gasteiger partial charge on any atom is -0.497 e. The minimum atomic E-state index is -3.41. The van der Waals surface area contributed by atoms with Gasteiger partial charge < -0.3 is 10.1 Å². The Bertz CT molecular complexity index is 614. The van der Waals surface area contributed by atoms with Crippen molar-refractivity contribution in [3.63, 3.8) is 0 Å². The van der Waals surface area contributed by atoms with Gasteiger partial charge in [0.05, 0.1) is 19.1 Å². The van der Waals surface area contributed by atoms with Gasteiger partial charge in [0.15, 0.2) is 0 Å². The molecule has 0 fully saturated rings. The van der Waals surface area contributed by atoms with E-state index >= 15 is 0 Å². The lowest BCUT2D eigenvalue weighted by atomic mass is 10.2. The summed E-state index contributed by atoms with van der Waals surface area (Å²) >= 11 is 0. The van der Waals surface area contributed by atoms with Gasteiger partial charge in [-0.1, -0.05) is 13.3 Å². The zero-order valence-electron chi connectivity index (χ0n) is 14.9. The molecule has 1 aromatic carbocycles. The van der Waals surface area contributed by atoms with Gasteiger partial charge in [-0.3, -0.25) is 9.10 Å². The zero-order chi connectivity index (χ0) is 18.2. The van der Waals surface area contributed by atoms with Crippen molar-refractivity contribution < 1.29 is 17.9 Å². The maximum atomic E-state index is 12.0. The summed E-state index contributed by atoms with van der Waals surface area (Å²) < 4.78 is 30.4. The highest BCUT2D eigenvalue weighted by atomic mass is 32.2. The highest BCUT2D eigenvalue weighted by Crippen LogP contribution is 2.21. The van der Waals surface area contributed by atoms with E-state index in [1.807, 2.05) is 6.92 Å². The van der Waals surface area contributed by atoms with Crippen LogP contribution in [0.25, 0.3) is 0 Å². The van der Waals surface area contributed by atoms with E-state index in [-0.39, 0.29) is 18.5 Å². The van der Waals surface area contributed by atoms with Crippen LogP contribution < -0.4 is 14.4 Å². The number of benzene rings is 1. The zero-order valence-corrected chi connectivity index (χ0v) is 15.7. The molecule has 1 atom stereocenters. The molecule has 0 bridgehead atoms. The molecule has 0 aromatic heterocycles. The van der Waals surface area contributed by atoms with Crippen LogP contribution in [-0.2, 0) is 14.8 Å². The monoisotopic (exact) mass is 356 g/mol. The van der Waals surface area contributed by atoms with Gasteiger partial charge in [-0.25, -0.2) is 8.42 Å². The second kappa shape index (κ2) is 9.52. The second-order valence-electron chi connectivity index (χ2n) is 5.89. The number of methoxy groups -OCH3 is 1. The fourth-order valence-electron chi connectivity index (χ4n) is 2.47. The van der Waals surface area contributed by atoms with Crippen molar-refractivity contribution in [2.45, 2.75) is 45.6 Å². The van der Waals surface area contributed by atoms with E-state index in [9.17, 15) is 13.2 Å². The van der Waals surface area contributed by atoms with E-state index in [1.54, 1.807) is 31.4 Å². The fourth-order valence-corrected chi connectivity index (χ4v) is 3.44. The highest BCUT2D eigenvalue weighted by molar-refractivity contribution is 7.92. The molecule has 24 heavy (non-hydrogen) atoms. The normalized spacial score (nSPS) is 12.5. The van der Waals surface area contributed by atoms with Crippen molar-refractivity contribution in [3.8, 4) is 5.75 Å². The molecule has 0 heterocycles. The Hall–Kier alpha value is -1.76. The summed E-state index contributed by atoms with van der Waals surface area (Å²) in [6.07, 6.45) is 3.88. The van der Waals surface area contributed by atoms with Crippen LogP contribution in [0.1, 0.15) is 39.5 Å². The first-order chi connectivity index (χ1) is 11.3. The molecule has 0 saturated heterocycles. The van der Waals surface area contributed by atoms with Gasteiger partial charge in [-0.15, -0.1) is 0 Å². The number of ether oxygens (including phenoxy) is 1. The van der Waals surface area contributed by atoms with Crippen LogP contribution in [0.5, 0.6) is 5.75 Å². The molecular formula is C17H28N2O4S. The molecular weight excluding hydrogens is 328 g/mol. The molecule has 0 aliphatic rings. The number of carbonyl (C=O) groups excluding carboxylic acids is 1. The van der Waals surface area contributed by atoms with Crippen molar-refractivity contribution in [3.05, 3.63) is 24.3 Å². The first kappa shape index (κ1) is 20.3. The second-order valence-corrected chi connectivity index (χ2v) is 7.80. The smallest absolute Gasteiger partial charge is 0.232 e. The number of anilines is 1. The molecule has 1 unspecified atom stereocenters. The van der Waals surface area contributed by atoms with Crippen LogP contribution in [0.15, 0.2) is 24.3 Å².